The molecule has 2 fully saturated rings. The lowest BCUT2D eigenvalue weighted by Crippen LogP contribution is -2.68. The van der Waals surface area contributed by atoms with Gasteiger partial charge in [-0.05, 0) is 69.4 Å². The second kappa shape index (κ2) is 10.2. The third kappa shape index (κ3) is 5.22. The molecular weight excluding hydrogens is 498 g/mol. The van der Waals surface area contributed by atoms with E-state index < -0.39 is 10.0 Å². The molecule has 2 saturated heterocycles. The molecule has 7 heteroatoms. The molecule has 2 aromatic carbocycles. The summed E-state index contributed by atoms with van der Waals surface area (Å²) in [6, 6.07) is 15.0. The summed E-state index contributed by atoms with van der Waals surface area (Å²) in [4.78, 5) is 5.37. The quantitative estimate of drug-likeness (QED) is 0.540. The number of aryl methyl sites for hydroxylation is 2. The van der Waals surface area contributed by atoms with Crippen LogP contribution in [0.2, 0.25) is 0 Å². The summed E-state index contributed by atoms with van der Waals surface area (Å²) in [5.41, 5.74) is 3.45. The molecule has 180 valence electrons. The molecule has 0 bridgehead atoms. The number of halogens is 1. The van der Waals surface area contributed by atoms with Gasteiger partial charge in [0.15, 0.2) is 0 Å². The van der Waals surface area contributed by atoms with Crippen molar-refractivity contribution < 1.29 is 8.42 Å². The Morgan fingerprint density at radius 3 is 2.45 bits per heavy atom. The highest BCUT2D eigenvalue weighted by Crippen LogP contribution is 2.32. The molecule has 33 heavy (non-hydrogen) atoms. The summed E-state index contributed by atoms with van der Waals surface area (Å²) < 4.78 is 30.7. The first-order valence-electron chi connectivity index (χ1n) is 12.1. The van der Waals surface area contributed by atoms with E-state index in [-0.39, 0.29) is 6.17 Å². The van der Waals surface area contributed by atoms with Crippen molar-refractivity contribution in [2.45, 2.75) is 70.1 Å². The summed E-state index contributed by atoms with van der Waals surface area (Å²) in [6.45, 7) is 11.8. The smallest absolute Gasteiger partial charge is 0.244 e. The predicted molar refractivity (Wildman–Crippen MR) is 138 cm³/mol. The maximum absolute atomic E-state index is 14.0. The van der Waals surface area contributed by atoms with Gasteiger partial charge in [-0.1, -0.05) is 52.7 Å². The lowest BCUT2D eigenvalue weighted by molar-refractivity contribution is -0.0563. The largest absolute Gasteiger partial charge is 0.296 e. The third-order valence-electron chi connectivity index (χ3n) is 7.13. The molecular formula is C26H36BrN3O2S. The van der Waals surface area contributed by atoms with E-state index in [4.69, 9.17) is 0 Å². The number of nitrogens with zero attached hydrogens (tertiary/aromatic N) is 3. The average Bonchev–Trinajstić information content (AvgIpc) is 2.79. The van der Waals surface area contributed by atoms with Gasteiger partial charge in [-0.2, -0.15) is 4.31 Å². The fourth-order valence-electron chi connectivity index (χ4n) is 5.24. The minimum absolute atomic E-state index is 0.135. The van der Waals surface area contributed by atoms with Crippen molar-refractivity contribution in [1.82, 2.24) is 14.1 Å². The van der Waals surface area contributed by atoms with E-state index in [0.29, 0.717) is 29.9 Å². The molecule has 2 heterocycles. The molecule has 2 aliphatic heterocycles. The van der Waals surface area contributed by atoms with Crippen molar-refractivity contribution in [3.63, 3.8) is 0 Å². The fourth-order valence-corrected chi connectivity index (χ4v) is 7.55. The first kappa shape index (κ1) is 24.9. The molecule has 2 aromatic rings. The van der Waals surface area contributed by atoms with Gasteiger partial charge < -0.3 is 0 Å². The standard InChI is InChI=1S/C26H36BrN3O2S/c1-5-22-16-23(27)11-12-25(22)33(31,32)30-14-6-13-29-24(15-21-9-7-20(4)8-10-21)17-28(19(2)3)18-26(29)30/h7-12,16,19,24,26H,5-6,13-15,17-18H2,1-4H3. The van der Waals surface area contributed by atoms with Crippen LogP contribution in [0.25, 0.3) is 0 Å². The van der Waals surface area contributed by atoms with Gasteiger partial charge in [0.2, 0.25) is 10.0 Å². The average molecular weight is 535 g/mol. The van der Waals surface area contributed by atoms with Gasteiger partial charge in [-0.3, -0.25) is 9.80 Å². The van der Waals surface area contributed by atoms with Crippen LogP contribution in [-0.2, 0) is 22.9 Å². The molecule has 0 amide bonds. The summed E-state index contributed by atoms with van der Waals surface area (Å²) in [5.74, 6) is 0. The lowest BCUT2D eigenvalue weighted by Gasteiger charge is -2.53. The Morgan fingerprint density at radius 1 is 1.06 bits per heavy atom. The zero-order valence-corrected chi connectivity index (χ0v) is 22.6. The minimum atomic E-state index is -3.60. The van der Waals surface area contributed by atoms with Crippen LogP contribution in [0.5, 0.6) is 0 Å². The molecule has 0 aliphatic carbocycles. The Morgan fingerprint density at radius 2 is 1.79 bits per heavy atom. The van der Waals surface area contributed by atoms with E-state index in [2.05, 4.69) is 70.8 Å². The van der Waals surface area contributed by atoms with E-state index in [1.54, 1.807) is 10.4 Å². The second-order valence-electron chi connectivity index (χ2n) is 9.68. The summed E-state index contributed by atoms with van der Waals surface area (Å²) in [6.07, 6.45) is 2.35. The van der Waals surface area contributed by atoms with Crippen LogP contribution >= 0.6 is 15.9 Å². The number of sulfonamides is 1. The second-order valence-corrected chi connectivity index (χ2v) is 12.5. The number of piperazine rings is 1. The van der Waals surface area contributed by atoms with E-state index in [1.165, 1.54) is 11.1 Å². The van der Waals surface area contributed by atoms with E-state index in [1.807, 2.05) is 19.1 Å². The number of fused-ring (bicyclic) bond motifs is 1. The van der Waals surface area contributed by atoms with Crippen molar-refractivity contribution in [3.05, 3.63) is 63.6 Å². The van der Waals surface area contributed by atoms with Crippen molar-refractivity contribution in [3.8, 4) is 0 Å². The highest BCUT2D eigenvalue weighted by atomic mass is 79.9. The van der Waals surface area contributed by atoms with Crippen LogP contribution in [0.3, 0.4) is 0 Å². The van der Waals surface area contributed by atoms with Gasteiger partial charge in [0.05, 0.1) is 11.1 Å². The molecule has 0 radical (unpaired) electrons. The number of benzene rings is 2. The Labute approximate surface area is 207 Å². The monoisotopic (exact) mass is 533 g/mol. The SMILES string of the molecule is CCc1cc(Br)ccc1S(=O)(=O)N1CCCN2C(Cc3ccc(C)cc3)CN(C(C)C)CC21. The lowest BCUT2D eigenvalue weighted by atomic mass is 9.98. The van der Waals surface area contributed by atoms with Crippen LogP contribution in [0, 0.1) is 6.92 Å². The van der Waals surface area contributed by atoms with Gasteiger partial charge in [0, 0.05) is 42.7 Å². The zero-order valence-electron chi connectivity index (χ0n) is 20.2. The van der Waals surface area contributed by atoms with E-state index >= 15 is 0 Å². The van der Waals surface area contributed by atoms with Crippen LogP contribution in [0.4, 0.5) is 0 Å². The normalized spacial score (nSPS) is 23.1. The van der Waals surface area contributed by atoms with Crippen molar-refractivity contribution in [1.29, 1.82) is 0 Å². The van der Waals surface area contributed by atoms with Crippen molar-refractivity contribution in [2.24, 2.45) is 0 Å². The van der Waals surface area contributed by atoms with Gasteiger partial charge in [0.25, 0.3) is 0 Å². The number of hydrogen-bond acceptors (Lipinski definition) is 4. The summed E-state index contributed by atoms with van der Waals surface area (Å²) >= 11 is 3.50. The predicted octanol–water partition coefficient (Wildman–Crippen LogP) is 4.68. The van der Waals surface area contributed by atoms with Crippen LogP contribution in [0.15, 0.2) is 51.8 Å². The number of rotatable bonds is 6. The number of hydrogen-bond donors (Lipinski definition) is 0. The molecule has 0 N–H and O–H groups in total. The Bertz CT molecular complexity index is 1070. The van der Waals surface area contributed by atoms with Crippen LogP contribution in [-0.4, -0.2) is 67.0 Å². The van der Waals surface area contributed by atoms with Gasteiger partial charge in [-0.25, -0.2) is 8.42 Å². The third-order valence-corrected chi connectivity index (χ3v) is 9.63. The van der Waals surface area contributed by atoms with E-state index in [9.17, 15) is 8.42 Å². The van der Waals surface area contributed by atoms with Gasteiger partial charge >= 0.3 is 0 Å². The first-order valence-corrected chi connectivity index (χ1v) is 14.3. The molecule has 2 atom stereocenters. The zero-order chi connectivity index (χ0) is 23.8. The molecule has 0 aromatic heterocycles. The molecule has 2 aliphatic rings. The highest BCUT2D eigenvalue weighted by Gasteiger charge is 2.45. The molecule has 0 saturated carbocycles. The minimum Gasteiger partial charge on any atom is -0.296 e. The first-order chi connectivity index (χ1) is 15.7. The van der Waals surface area contributed by atoms with Crippen LogP contribution < -0.4 is 0 Å². The fraction of sp³-hybridized carbons (Fsp3) is 0.538. The van der Waals surface area contributed by atoms with Crippen LogP contribution in [0.1, 0.15) is 43.9 Å². The van der Waals surface area contributed by atoms with Crippen molar-refractivity contribution >= 4 is 26.0 Å². The van der Waals surface area contributed by atoms with Gasteiger partial charge in [0.1, 0.15) is 0 Å². The summed E-state index contributed by atoms with van der Waals surface area (Å²) in [7, 11) is -3.60. The molecule has 0 spiro atoms. The van der Waals surface area contributed by atoms with E-state index in [0.717, 1.165) is 42.5 Å². The Kier molecular flexibility index (Phi) is 7.66. The molecule has 4 rings (SSSR count). The summed E-state index contributed by atoms with van der Waals surface area (Å²) in [5, 5.41) is 0. The maximum Gasteiger partial charge on any atom is 0.244 e. The maximum atomic E-state index is 14.0. The highest BCUT2D eigenvalue weighted by molar-refractivity contribution is 9.10. The topological polar surface area (TPSA) is 43.9 Å². The van der Waals surface area contributed by atoms with Gasteiger partial charge in [-0.15, -0.1) is 0 Å². The molecule has 5 nitrogen and oxygen atoms in total. The van der Waals surface area contributed by atoms with Crippen molar-refractivity contribution in [2.75, 3.05) is 26.2 Å². The molecule has 2 unspecified atom stereocenters. The Balaban J connectivity index is 1.68. The Hall–Kier alpha value is -1.25.